The number of hydrogen-bond donors (Lipinski definition) is 0. The molecule has 0 aromatic heterocycles. The summed E-state index contributed by atoms with van der Waals surface area (Å²) in [6.07, 6.45) is -0.254. The van der Waals surface area contributed by atoms with Gasteiger partial charge in [-0.3, -0.25) is 0 Å². The molecule has 70 valence electrons. The molecule has 1 aromatic carbocycles. The van der Waals surface area contributed by atoms with Crippen LogP contribution in [0.2, 0.25) is 0 Å². The summed E-state index contributed by atoms with van der Waals surface area (Å²) in [7, 11) is 0. The van der Waals surface area contributed by atoms with Crippen LogP contribution in [0, 0.1) is 0 Å². The van der Waals surface area contributed by atoms with E-state index >= 15 is 0 Å². The van der Waals surface area contributed by atoms with E-state index in [9.17, 15) is 0 Å². The van der Waals surface area contributed by atoms with Crippen LogP contribution >= 0.6 is 0 Å². The first kappa shape index (κ1) is 8.53. The highest BCUT2D eigenvalue weighted by Gasteiger charge is 2.14. The van der Waals surface area contributed by atoms with Gasteiger partial charge in [-0.15, -0.1) is 0 Å². The van der Waals surface area contributed by atoms with Crippen LogP contribution in [0.5, 0.6) is 5.75 Å². The van der Waals surface area contributed by atoms with Gasteiger partial charge in [0.15, 0.2) is 0 Å². The Labute approximate surface area is 77.2 Å². The molecule has 0 unspecified atom stereocenters. The molecule has 3 heteroatoms. The highest BCUT2D eigenvalue weighted by atomic mass is 16.7. The molecule has 0 bridgehead atoms. The van der Waals surface area contributed by atoms with E-state index in [4.69, 9.17) is 14.2 Å². The Morgan fingerprint density at radius 1 is 1.15 bits per heavy atom. The Morgan fingerprint density at radius 2 is 2.00 bits per heavy atom. The van der Waals surface area contributed by atoms with Crippen molar-refractivity contribution in [3.05, 3.63) is 30.3 Å². The van der Waals surface area contributed by atoms with Crippen LogP contribution in [-0.4, -0.2) is 26.1 Å². The van der Waals surface area contributed by atoms with Crippen molar-refractivity contribution >= 4 is 0 Å². The van der Waals surface area contributed by atoms with Crippen LogP contribution in [0.1, 0.15) is 0 Å². The Bertz CT molecular complexity index is 242. The quantitative estimate of drug-likeness (QED) is 0.689. The zero-order valence-corrected chi connectivity index (χ0v) is 7.31. The third-order valence-corrected chi connectivity index (χ3v) is 1.80. The van der Waals surface area contributed by atoms with Crippen LogP contribution in [0.4, 0.5) is 0 Å². The molecule has 1 fully saturated rings. The van der Waals surface area contributed by atoms with E-state index in [-0.39, 0.29) is 6.29 Å². The Kier molecular flexibility index (Phi) is 2.79. The average Bonchev–Trinajstić information content (AvgIpc) is 2.21. The van der Waals surface area contributed by atoms with Gasteiger partial charge >= 0.3 is 0 Å². The predicted octanol–water partition coefficient (Wildman–Crippen LogP) is 1.44. The molecule has 3 nitrogen and oxygen atoms in total. The maximum Gasteiger partial charge on any atom is 0.223 e. The second kappa shape index (κ2) is 4.25. The topological polar surface area (TPSA) is 27.7 Å². The monoisotopic (exact) mass is 180 g/mol. The number of benzene rings is 1. The predicted molar refractivity (Wildman–Crippen MR) is 47.6 cm³/mol. The second-order valence-electron chi connectivity index (χ2n) is 2.81. The third kappa shape index (κ3) is 2.44. The molecular formula is C10H12O3. The van der Waals surface area contributed by atoms with E-state index in [1.54, 1.807) is 0 Å². The second-order valence-corrected chi connectivity index (χ2v) is 2.81. The summed E-state index contributed by atoms with van der Waals surface area (Å²) in [5.41, 5.74) is 0. The minimum Gasteiger partial charge on any atom is -0.462 e. The molecule has 1 aliphatic heterocycles. The van der Waals surface area contributed by atoms with Crippen molar-refractivity contribution in [1.82, 2.24) is 0 Å². The van der Waals surface area contributed by atoms with Crippen LogP contribution < -0.4 is 4.74 Å². The zero-order valence-electron chi connectivity index (χ0n) is 7.31. The molecule has 0 N–H and O–H groups in total. The first-order valence-electron chi connectivity index (χ1n) is 4.36. The molecule has 0 radical (unpaired) electrons. The summed E-state index contributed by atoms with van der Waals surface area (Å²) in [4.78, 5) is 0. The highest BCUT2D eigenvalue weighted by molar-refractivity contribution is 5.21. The van der Waals surface area contributed by atoms with E-state index in [1.165, 1.54) is 0 Å². The van der Waals surface area contributed by atoms with Gasteiger partial charge in [0.1, 0.15) is 12.4 Å². The van der Waals surface area contributed by atoms with Crippen molar-refractivity contribution in [3.63, 3.8) is 0 Å². The normalized spacial score (nSPS) is 22.6. The molecule has 13 heavy (non-hydrogen) atoms. The largest absolute Gasteiger partial charge is 0.462 e. The lowest BCUT2D eigenvalue weighted by Crippen LogP contribution is -2.33. The molecule has 0 spiro atoms. The fourth-order valence-corrected chi connectivity index (χ4v) is 1.19. The van der Waals surface area contributed by atoms with Gasteiger partial charge in [-0.25, -0.2) is 0 Å². The first-order chi connectivity index (χ1) is 6.45. The highest BCUT2D eigenvalue weighted by Crippen LogP contribution is 2.12. The van der Waals surface area contributed by atoms with E-state index < -0.39 is 0 Å². The summed E-state index contributed by atoms with van der Waals surface area (Å²) in [5, 5.41) is 0. The van der Waals surface area contributed by atoms with Crippen molar-refractivity contribution in [1.29, 1.82) is 0 Å². The lowest BCUT2D eigenvalue weighted by molar-refractivity contribution is -0.170. The smallest absolute Gasteiger partial charge is 0.223 e. The van der Waals surface area contributed by atoms with Gasteiger partial charge in [0.2, 0.25) is 6.29 Å². The van der Waals surface area contributed by atoms with Crippen LogP contribution in [-0.2, 0) is 9.47 Å². The Morgan fingerprint density at radius 3 is 2.69 bits per heavy atom. The third-order valence-electron chi connectivity index (χ3n) is 1.80. The summed E-state index contributed by atoms with van der Waals surface area (Å²) < 4.78 is 16.0. The maximum absolute atomic E-state index is 5.51. The Balaban J connectivity index is 1.90. The van der Waals surface area contributed by atoms with Gasteiger partial charge in [0.05, 0.1) is 13.2 Å². The van der Waals surface area contributed by atoms with Gasteiger partial charge in [-0.1, -0.05) is 18.2 Å². The van der Waals surface area contributed by atoms with Crippen molar-refractivity contribution < 1.29 is 14.2 Å². The van der Waals surface area contributed by atoms with Gasteiger partial charge in [0.25, 0.3) is 0 Å². The fourth-order valence-electron chi connectivity index (χ4n) is 1.19. The molecule has 1 aliphatic rings. The van der Waals surface area contributed by atoms with E-state index in [2.05, 4.69) is 0 Å². The van der Waals surface area contributed by atoms with E-state index in [0.29, 0.717) is 19.8 Å². The van der Waals surface area contributed by atoms with Gasteiger partial charge in [-0.05, 0) is 12.1 Å². The molecule has 2 rings (SSSR count). The summed E-state index contributed by atoms with van der Waals surface area (Å²) in [6.45, 7) is 1.78. The van der Waals surface area contributed by atoms with Crippen LogP contribution in [0.25, 0.3) is 0 Å². The lowest BCUT2D eigenvalue weighted by Gasteiger charge is -2.23. The minimum absolute atomic E-state index is 0.254. The van der Waals surface area contributed by atoms with E-state index in [0.717, 1.165) is 5.75 Å². The van der Waals surface area contributed by atoms with Crippen molar-refractivity contribution in [2.75, 3.05) is 19.8 Å². The summed E-state index contributed by atoms with van der Waals surface area (Å²) in [5.74, 6) is 0.818. The molecule has 1 heterocycles. The molecule has 1 saturated heterocycles. The summed E-state index contributed by atoms with van der Waals surface area (Å²) in [6, 6.07) is 9.61. The number of ether oxygens (including phenoxy) is 3. The van der Waals surface area contributed by atoms with Crippen LogP contribution in [0.3, 0.4) is 0 Å². The van der Waals surface area contributed by atoms with Gasteiger partial charge < -0.3 is 14.2 Å². The number of rotatable bonds is 2. The molecule has 1 atom stereocenters. The molecule has 0 saturated carbocycles. The van der Waals surface area contributed by atoms with Gasteiger partial charge in [-0.2, -0.15) is 0 Å². The van der Waals surface area contributed by atoms with Gasteiger partial charge in [0, 0.05) is 0 Å². The SMILES string of the molecule is c1ccc(O[C@H]2COCCO2)cc1. The number of para-hydroxylation sites is 1. The molecular weight excluding hydrogens is 168 g/mol. The van der Waals surface area contributed by atoms with Crippen molar-refractivity contribution in [3.8, 4) is 5.75 Å². The first-order valence-corrected chi connectivity index (χ1v) is 4.36. The minimum atomic E-state index is -0.254. The summed E-state index contributed by atoms with van der Waals surface area (Å²) >= 11 is 0. The van der Waals surface area contributed by atoms with E-state index in [1.807, 2.05) is 30.3 Å². The Hall–Kier alpha value is -1.06. The fraction of sp³-hybridized carbons (Fsp3) is 0.400. The van der Waals surface area contributed by atoms with Crippen molar-refractivity contribution in [2.24, 2.45) is 0 Å². The standard InChI is InChI=1S/C10H12O3/c1-2-4-9(5-3-1)13-10-8-11-6-7-12-10/h1-5,10H,6-8H2/t10-/m0/s1. The average molecular weight is 180 g/mol. The van der Waals surface area contributed by atoms with Crippen LogP contribution in [0.15, 0.2) is 30.3 Å². The molecule has 0 aliphatic carbocycles. The number of hydrogen-bond acceptors (Lipinski definition) is 3. The maximum atomic E-state index is 5.51. The lowest BCUT2D eigenvalue weighted by atomic mass is 10.3. The van der Waals surface area contributed by atoms with Crippen molar-refractivity contribution in [2.45, 2.75) is 6.29 Å². The molecule has 1 aromatic rings. The zero-order chi connectivity index (χ0) is 8.93. The molecule has 0 amide bonds.